The molecule has 2 aromatic heterocycles. The Kier molecular flexibility index (Phi) is 6.80. The van der Waals surface area contributed by atoms with E-state index < -0.39 is 10.0 Å². The topological polar surface area (TPSA) is 110 Å². The van der Waals surface area contributed by atoms with Gasteiger partial charge in [0.25, 0.3) is 10.0 Å². The number of thiophene rings is 1. The van der Waals surface area contributed by atoms with Gasteiger partial charge in [0, 0.05) is 39.9 Å². The number of hydrogen-bond acceptors (Lipinski definition) is 7. The van der Waals surface area contributed by atoms with E-state index in [1.807, 2.05) is 23.6 Å². The van der Waals surface area contributed by atoms with Gasteiger partial charge in [0.1, 0.15) is 11.5 Å². The van der Waals surface area contributed by atoms with Crippen LogP contribution in [0.3, 0.4) is 0 Å². The van der Waals surface area contributed by atoms with Gasteiger partial charge in [-0.15, -0.1) is 11.3 Å². The molecule has 0 fully saturated rings. The van der Waals surface area contributed by atoms with Crippen LogP contribution in [0, 0.1) is 0 Å². The molecule has 0 amide bonds. The lowest BCUT2D eigenvalue weighted by atomic mass is 10.0. The molecule has 4 rings (SSSR count). The van der Waals surface area contributed by atoms with Crippen LogP contribution in [-0.2, 0) is 10.0 Å². The van der Waals surface area contributed by atoms with Gasteiger partial charge in [-0.05, 0) is 53.9 Å². The van der Waals surface area contributed by atoms with E-state index in [1.54, 1.807) is 37.7 Å². The standard InChI is InChI=1S/C24H21N3O5S2/c1-31-21-15-22(32-2)19(23-4-3-13-33-23)14-17(21)7-10-20(28)16-5-8-18(9-6-16)34(29,30)27-24-11-12-25-26-24/h3-15H,1-2H3,(H2,25,26,27)/b10-7+. The number of sulfonamides is 1. The van der Waals surface area contributed by atoms with Crippen molar-refractivity contribution >= 4 is 39.0 Å². The van der Waals surface area contributed by atoms with Gasteiger partial charge >= 0.3 is 0 Å². The number of aromatic nitrogens is 2. The highest BCUT2D eigenvalue weighted by Gasteiger charge is 2.16. The van der Waals surface area contributed by atoms with E-state index in [2.05, 4.69) is 14.9 Å². The number of allylic oxidation sites excluding steroid dienone is 1. The van der Waals surface area contributed by atoms with E-state index in [1.165, 1.54) is 42.6 Å². The minimum absolute atomic E-state index is 0.0217. The molecule has 10 heteroatoms. The van der Waals surface area contributed by atoms with Crippen LogP contribution in [0.15, 0.2) is 77.1 Å². The lowest BCUT2D eigenvalue weighted by molar-refractivity contribution is 0.104. The molecule has 0 aliphatic rings. The van der Waals surface area contributed by atoms with Gasteiger partial charge in [0.15, 0.2) is 11.6 Å². The summed E-state index contributed by atoms with van der Waals surface area (Å²) in [4.78, 5) is 13.8. The average Bonchev–Trinajstić information content (AvgIpc) is 3.56. The fourth-order valence-electron chi connectivity index (χ4n) is 3.25. The minimum atomic E-state index is -3.81. The molecule has 34 heavy (non-hydrogen) atoms. The lowest BCUT2D eigenvalue weighted by Gasteiger charge is -2.12. The Bertz CT molecular complexity index is 1410. The molecule has 0 atom stereocenters. The van der Waals surface area contributed by atoms with Gasteiger partial charge in [-0.1, -0.05) is 6.07 Å². The van der Waals surface area contributed by atoms with E-state index in [4.69, 9.17) is 9.47 Å². The number of rotatable bonds is 9. The maximum atomic E-state index is 12.7. The van der Waals surface area contributed by atoms with Crippen molar-refractivity contribution in [1.82, 2.24) is 10.2 Å². The third kappa shape index (κ3) is 5.03. The average molecular weight is 496 g/mol. The molecule has 8 nitrogen and oxygen atoms in total. The van der Waals surface area contributed by atoms with Crippen LogP contribution in [0.25, 0.3) is 16.5 Å². The summed E-state index contributed by atoms with van der Waals surface area (Å²) in [5.74, 6) is 1.13. The second-order valence-corrected chi connectivity index (χ2v) is 9.69. The van der Waals surface area contributed by atoms with E-state index in [9.17, 15) is 13.2 Å². The molecule has 2 aromatic carbocycles. The molecule has 0 radical (unpaired) electrons. The van der Waals surface area contributed by atoms with Gasteiger partial charge in [-0.3, -0.25) is 14.6 Å². The SMILES string of the molecule is COc1cc(OC)c(-c2cccs2)cc1/C=C/C(=O)c1ccc(S(=O)(=O)Nc2cc[nH]n2)cc1. The zero-order valence-corrected chi connectivity index (χ0v) is 19.9. The summed E-state index contributed by atoms with van der Waals surface area (Å²) >= 11 is 1.58. The van der Waals surface area contributed by atoms with Crippen LogP contribution in [0.1, 0.15) is 15.9 Å². The zero-order chi connectivity index (χ0) is 24.1. The highest BCUT2D eigenvalue weighted by Crippen LogP contribution is 2.38. The summed E-state index contributed by atoms with van der Waals surface area (Å²) in [7, 11) is -0.665. The third-order valence-electron chi connectivity index (χ3n) is 4.94. The number of nitrogens with one attached hydrogen (secondary N) is 2. The Morgan fingerprint density at radius 3 is 2.44 bits per heavy atom. The number of H-pyrrole nitrogens is 1. The van der Waals surface area contributed by atoms with E-state index in [0.717, 1.165) is 10.4 Å². The molecule has 0 unspecified atom stereocenters. The summed E-state index contributed by atoms with van der Waals surface area (Å²) < 4.78 is 38.3. The number of ketones is 1. The highest BCUT2D eigenvalue weighted by molar-refractivity contribution is 7.92. The predicted molar refractivity (Wildman–Crippen MR) is 132 cm³/mol. The van der Waals surface area contributed by atoms with Crippen LogP contribution in [0.2, 0.25) is 0 Å². The van der Waals surface area contributed by atoms with Crippen LogP contribution < -0.4 is 14.2 Å². The van der Waals surface area contributed by atoms with Crippen molar-refractivity contribution in [3.05, 3.63) is 83.4 Å². The van der Waals surface area contributed by atoms with Crippen molar-refractivity contribution < 1.29 is 22.7 Å². The first-order chi connectivity index (χ1) is 16.4. The molecule has 0 saturated heterocycles. The summed E-state index contributed by atoms with van der Waals surface area (Å²) in [6.07, 6.45) is 4.60. The Labute approximate surface area is 200 Å². The van der Waals surface area contributed by atoms with Gasteiger partial charge in [0.05, 0.1) is 19.1 Å². The number of nitrogens with zero attached hydrogens (tertiary/aromatic N) is 1. The van der Waals surface area contributed by atoms with Crippen molar-refractivity contribution in [3.63, 3.8) is 0 Å². The van der Waals surface area contributed by atoms with Crippen LogP contribution in [0.4, 0.5) is 5.82 Å². The van der Waals surface area contributed by atoms with Crippen LogP contribution >= 0.6 is 11.3 Å². The summed E-state index contributed by atoms with van der Waals surface area (Å²) in [5, 5.41) is 8.29. The monoisotopic (exact) mass is 495 g/mol. The Balaban J connectivity index is 1.56. The second-order valence-electron chi connectivity index (χ2n) is 7.06. The lowest BCUT2D eigenvalue weighted by Crippen LogP contribution is -2.13. The largest absolute Gasteiger partial charge is 0.496 e. The molecule has 174 valence electrons. The molecule has 0 aliphatic carbocycles. The van der Waals surface area contributed by atoms with E-state index >= 15 is 0 Å². The third-order valence-corrected chi connectivity index (χ3v) is 7.22. The molecule has 0 saturated carbocycles. The fourth-order valence-corrected chi connectivity index (χ4v) is 5.00. The number of aromatic amines is 1. The minimum Gasteiger partial charge on any atom is -0.496 e. The number of carbonyl (C=O) groups is 1. The van der Waals surface area contributed by atoms with Gasteiger partial charge in [-0.2, -0.15) is 5.10 Å². The van der Waals surface area contributed by atoms with Gasteiger partial charge in [0.2, 0.25) is 0 Å². The Hall–Kier alpha value is -3.89. The molecule has 4 aromatic rings. The molecule has 0 aliphatic heterocycles. The normalized spacial score (nSPS) is 11.5. The molecule has 0 bridgehead atoms. The van der Waals surface area contributed by atoms with Crippen molar-refractivity contribution in [2.24, 2.45) is 0 Å². The maximum absolute atomic E-state index is 12.7. The Morgan fingerprint density at radius 2 is 1.82 bits per heavy atom. The number of benzene rings is 2. The Morgan fingerprint density at radius 1 is 1.06 bits per heavy atom. The zero-order valence-electron chi connectivity index (χ0n) is 18.3. The first kappa shape index (κ1) is 23.3. The number of carbonyl (C=O) groups excluding carboxylic acids is 1. The van der Waals surface area contributed by atoms with Gasteiger partial charge < -0.3 is 9.47 Å². The van der Waals surface area contributed by atoms with Crippen LogP contribution in [-0.4, -0.2) is 38.6 Å². The van der Waals surface area contributed by atoms with Crippen molar-refractivity contribution in [2.45, 2.75) is 4.90 Å². The predicted octanol–water partition coefficient (Wildman–Crippen LogP) is 4.85. The second kappa shape index (κ2) is 9.94. The van der Waals surface area contributed by atoms with Crippen LogP contribution in [0.5, 0.6) is 11.5 Å². The number of anilines is 1. The summed E-state index contributed by atoms with van der Waals surface area (Å²) in [5.41, 5.74) is 1.95. The molecular formula is C24H21N3O5S2. The van der Waals surface area contributed by atoms with Crippen molar-refractivity contribution in [1.29, 1.82) is 0 Å². The van der Waals surface area contributed by atoms with Crippen molar-refractivity contribution in [3.8, 4) is 21.9 Å². The number of methoxy groups -OCH3 is 2. The number of hydrogen-bond donors (Lipinski definition) is 2. The quantitative estimate of drug-likeness (QED) is 0.254. The first-order valence-electron chi connectivity index (χ1n) is 10.1. The molecule has 2 N–H and O–H groups in total. The maximum Gasteiger partial charge on any atom is 0.263 e. The van der Waals surface area contributed by atoms with Gasteiger partial charge in [-0.25, -0.2) is 8.42 Å². The molecule has 2 heterocycles. The highest BCUT2D eigenvalue weighted by atomic mass is 32.2. The fraction of sp³-hybridized carbons (Fsp3) is 0.0833. The van der Waals surface area contributed by atoms with E-state index in [-0.39, 0.29) is 16.5 Å². The summed E-state index contributed by atoms with van der Waals surface area (Å²) in [6, 6.07) is 14.8. The first-order valence-corrected chi connectivity index (χ1v) is 12.4. The molecule has 0 spiro atoms. The number of ether oxygens (including phenoxy) is 2. The molecular weight excluding hydrogens is 474 g/mol. The van der Waals surface area contributed by atoms with E-state index in [0.29, 0.717) is 22.6 Å². The smallest absolute Gasteiger partial charge is 0.263 e. The van der Waals surface area contributed by atoms with Crippen molar-refractivity contribution in [2.75, 3.05) is 18.9 Å². The summed E-state index contributed by atoms with van der Waals surface area (Å²) in [6.45, 7) is 0.